The molecule has 26 heavy (non-hydrogen) atoms. The van der Waals surface area contributed by atoms with E-state index in [-0.39, 0.29) is 24.3 Å². The molecule has 1 aliphatic rings. The Labute approximate surface area is 161 Å². The van der Waals surface area contributed by atoms with Gasteiger partial charge in [-0.2, -0.15) is 0 Å². The van der Waals surface area contributed by atoms with Crippen LogP contribution in [0.2, 0.25) is 0 Å². The van der Waals surface area contributed by atoms with Gasteiger partial charge in [-0.1, -0.05) is 38.3 Å². The molecule has 1 fully saturated rings. The molecule has 4 nitrogen and oxygen atoms in total. The van der Waals surface area contributed by atoms with E-state index in [0.29, 0.717) is 17.7 Å². The Morgan fingerprint density at radius 1 is 1.27 bits per heavy atom. The normalized spacial score (nSPS) is 16.0. The molecule has 0 saturated heterocycles. The second-order valence-corrected chi connectivity index (χ2v) is 7.47. The van der Waals surface area contributed by atoms with Gasteiger partial charge < -0.3 is 15.5 Å². The summed E-state index contributed by atoms with van der Waals surface area (Å²) in [5, 5.41) is 6.65. The summed E-state index contributed by atoms with van der Waals surface area (Å²) in [5.41, 5.74) is 1.02. The van der Waals surface area contributed by atoms with Crippen molar-refractivity contribution in [2.45, 2.75) is 71.0 Å². The fourth-order valence-electron chi connectivity index (χ4n) is 3.23. The minimum absolute atomic E-state index is 0.0490. The largest absolute Gasteiger partial charge is 0.353 e. The first-order valence-electron chi connectivity index (χ1n) is 9.58. The fraction of sp³-hybridized carbons (Fsp3) is 0.600. The average Bonchev–Trinajstić information content (AvgIpc) is 2.66. The quantitative estimate of drug-likeness (QED) is 0.708. The third kappa shape index (κ3) is 6.56. The summed E-state index contributed by atoms with van der Waals surface area (Å²) in [6.07, 6.45) is 6.75. The van der Waals surface area contributed by atoms with Gasteiger partial charge in [0.05, 0.1) is 6.54 Å². The molecular formula is C20H30FN3OS. The van der Waals surface area contributed by atoms with E-state index in [4.69, 9.17) is 12.2 Å². The van der Waals surface area contributed by atoms with Crippen LogP contribution in [-0.4, -0.2) is 34.5 Å². The minimum atomic E-state index is -0.236. The Morgan fingerprint density at radius 3 is 2.54 bits per heavy atom. The summed E-state index contributed by atoms with van der Waals surface area (Å²) in [5.74, 6) is -0.285. The van der Waals surface area contributed by atoms with Crippen molar-refractivity contribution in [2.24, 2.45) is 0 Å². The van der Waals surface area contributed by atoms with Crippen LogP contribution < -0.4 is 10.6 Å². The number of thiocarbonyl (C=S) groups is 1. The van der Waals surface area contributed by atoms with Gasteiger partial charge in [0.25, 0.3) is 0 Å². The second-order valence-electron chi connectivity index (χ2n) is 7.08. The average molecular weight is 380 g/mol. The van der Waals surface area contributed by atoms with Crippen LogP contribution in [0.1, 0.15) is 57.9 Å². The first-order chi connectivity index (χ1) is 12.5. The van der Waals surface area contributed by atoms with E-state index in [0.717, 1.165) is 24.8 Å². The maximum Gasteiger partial charge on any atom is 0.239 e. The Balaban J connectivity index is 1.98. The van der Waals surface area contributed by atoms with E-state index in [1.165, 1.54) is 31.4 Å². The zero-order valence-electron chi connectivity index (χ0n) is 15.8. The van der Waals surface area contributed by atoms with Gasteiger partial charge in [0.2, 0.25) is 5.91 Å². The van der Waals surface area contributed by atoms with E-state index in [1.54, 1.807) is 12.1 Å². The molecule has 6 heteroatoms. The van der Waals surface area contributed by atoms with Crippen molar-refractivity contribution in [1.82, 2.24) is 15.5 Å². The SMILES string of the molecule is CC[C@H](C)NC(=O)CNC(=S)N(Cc1ccc(F)cc1)C1CCCCC1. The van der Waals surface area contributed by atoms with E-state index < -0.39 is 0 Å². The van der Waals surface area contributed by atoms with Gasteiger partial charge in [0.1, 0.15) is 5.82 Å². The third-order valence-corrected chi connectivity index (χ3v) is 5.34. The van der Waals surface area contributed by atoms with Crippen molar-refractivity contribution in [3.63, 3.8) is 0 Å². The highest BCUT2D eigenvalue weighted by atomic mass is 32.1. The molecule has 1 saturated carbocycles. The summed E-state index contributed by atoms with van der Waals surface area (Å²) < 4.78 is 13.2. The van der Waals surface area contributed by atoms with Crippen LogP contribution in [-0.2, 0) is 11.3 Å². The molecule has 0 radical (unpaired) electrons. The summed E-state index contributed by atoms with van der Waals surface area (Å²) in [6, 6.07) is 7.07. The molecular weight excluding hydrogens is 349 g/mol. The summed E-state index contributed by atoms with van der Waals surface area (Å²) >= 11 is 5.60. The number of carbonyl (C=O) groups excluding carboxylic acids is 1. The van der Waals surface area contributed by atoms with E-state index in [1.807, 2.05) is 13.8 Å². The highest BCUT2D eigenvalue weighted by molar-refractivity contribution is 7.80. The van der Waals surface area contributed by atoms with E-state index in [2.05, 4.69) is 15.5 Å². The number of carbonyl (C=O) groups is 1. The number of rotatable bonds is 7. The summed E-state index contributed by atoms with van der Waals surface area (Å²) in [7, 11) is 0. The van der Waals surface area contributed by atoms with Crippen molar-refractivity contribution < 1.29 is 9.18 Å². The lowest BCUT2D eigenvalue weighted by atomic mass is 9.94. The Bertz CT molecular complexity index is 587. The smallest absolute Gasteiger partial charge is 0.239 e. The van der Waals surface area contributed by atoms with E-state index in [9.17, 15) is 9.18 Å². The van der Waals surface area contributed by atoms with Crippen LogP contribution in [0.4, 0.5) is 4.39 Å². The van der Waals surface area contributed by atoms with Crippen molar-refractivity contribution in [1.29, 1.82) is 0 Å². The Hall–Kier alpha value is -1.69. The highest BCUT2D eigenvalue weighted by Gasteiger charge is 2.23. The van der Waals surface area contributed by atoms with Crippen molar-refractivity contribution in [2.75, 3.05) is 6.54 Å². The third-order valence-electron chi connectivity index (χ3n) is 4.96. The lowest BCUT2D eigenvalue weighted by Gasteiger charge is -2.36. The lowest BCUT2D eigenvalue weighted by molar-refractivity contribution is -0.120. The van der Waals surface area contributed by atoms with Gasteiger partial charge in [-0.15, -0.1) is 0 Å². The number of hydrogen-bond acceptors (Lipinski definition) is 2. The van der Waals surface area contributed by atoms with Crippen LogP contribution in [0.25, 0.3) is 0 Å². The minimum Gasteiger partial charge on any atom is -0.353 e. The monoisotopic (exact) mass is 379 g/mol. The van der Waals surface area contributed by atoms with Crippen LogP contribution in [0.5, 0.6) is 0 Å². The molecule has 1 aromatic carbocycles. The molecule has 144 valence electrons. The fourth-order valence-corrected chi connectivity index (χ4v) is 3.52. The van der Waals surface area contributed by atoms with Crippen LogP contribution in [0, 0.1) is 5.82 Å². The van der Waals surface area contributed by atoms with Gasteiger partial charge >= 0.3 is 0 Å². The van der Waals surface area contributed by atoms with Crippen LogP contribution >= 0.6 is 12.2 Å². The molecule has 1 amide bonds. The van der Waals surface area contributed by atoms with Crippen LogP contribution in [0.15, 0.2) is 24.3 Å². The topological polar surface area (TPSA) is 44.4 Å². The second kappa shape index (κ2) is 10.5. The predicted molar refractivity (Wildman–Crippen MR) is 107 cm³/mol. The molecule has 0 heterocycles. The first kappa shape index (κ1) is 20.6. The zero-order chi connectivity index (χ0) is 18.9. The van der Waals surface area contributed by atoms with Gasteiger partial charge in [-0.05, 0) is 56.1 Å². The molecule has 1 atom stereocenters. The molecule has 1 aliphatic carbocycles. The van der Waals surface area contributed by atoms with Crippen molar-refractivity contribution in [3.05, 3.63) is 35.6 Å². The molecule has 0 bridgehead atoms. The molecule has 2 rings (SSSR count). The van der Waals surface area contributed by atoms with E-state index >= 15 is 0 Å². The Morgan fingerprint density at radius 2 is 1.92 bits per heavy atom. The maximum absolute atomic E-state index is 13.2. The maximum atomic E-state index is 13.2. The lowest BCUT2D eigenvalue weighted by Crippen LogP contribution is -2.49. The van der Waals surface area contributed by atoms with Crippen molar-refractivity contribution >= 4 is 23.2 Å². The molecule has 1 aromatic rings. The number of amides is 1. The van der Waals surface area contributed by atoms with Crippen LogP contribution in [0.3, 0.4) is 0 Å². The first-order valence-corrected chi connectivity index (χ1v) is 9.98. The van der Waals surface area contributed by atoms with Gasteiger partial charge in [0.15, 0.2) is 5.11 Å². The molecule has 0 spiro atoms. The molecule has 0 aliphatic heterocycles. The zero-order valence-corrected chi connectivity index (χ0v) is 16.6. The summed E-state index contributed by atoms with van der Waals surface area (Å²) in [6.45, 7) is 4.83. The van der Waals surface area contributed by atoms with Gasteiger partial charge in [-0.3, -0.25) is 4.79 Å². The number of nitrogens with one attached hydrogen (secondary N) is 2. The summed E-state index contributed by atoms with van der Waals surface area (Å²) in [4.78, 5) is 14.2. The highest BCUT2D eigenvalue weighted by Crippen LogP contribution is 2.24. The molecule has 0 aromatic heterocycles. The van der Waals surface area contributed by atoms with Gasteiger partial charge in [0, 0.05) is 18.6 Å². The number of benzene rings is 1. The number of halogens is 1. The number of hydrogen-bond donors (Lipinski definition) is 2. The number of nitrogens with zero attached hydrogens (tertiary/aromatic N) is 1. The standard InChI is InChI=1S/C20H30FN3OS/c1-3-15(2)23-19(25)13-22-20(26)24(18-7-5-4-6-8-18)14-16-9-11-17(21)12-10-16/h9-12,15,18H,3-8,13-14H2,1-2H3,(H,22,26)(H,23,25)/t15-/m0/s1. The van der Waals surface area contributed by atoms with Gasteiger partial charge in [-0.25, -0.2) is 4.39 Å². The molecule has 2 N–H and O–H groups in total. The Kier molecular flexibility index (Phi) is 8.29. The van der Waals surface area contributed by atoms with Crippen molar-refractivity contribution in [3.8, 4) is 0 Å². The predicted octanol–water partition coefficient (Wildman–Crippen LogP) is 3.75. The molecule has 0 unspecified atom stereocenters.